The average Bonchev–Trinajstić information content (AvgIpc) is 2.89. The van der Waals surface area contributed by atoms with E-state index in [0.29, 0.717) is 0 Å². The number of anilines is 1. The predicted molar refractivity (Wildman–Crippen MR) is 87.7 cm³/mol. The minimum Gasteiger partial charge on any atom is -0.384 e. The molecule has 0 radical (unpaired) electrons. The summed E-state index contributed by atoms with van der Waals surface area (Å²) in [7, 11) is 0. The molecule has 0 saturated carbocycles. The monoisotopic (exact) mass is 300 g/mol. The van der Waals surface area contributed by atoms with Crippen LogP contribution in [0.1, 0.15) is 30.2 Å². The second-order valence-electron chi connectivity index (χ2n) is 4.77. The van der Waals surface area contributed by atoms with Crippen molar-refractivity contribution in [3.05, 3.63) is 41.2 Å². The fourth-order valence-electron chi connectivity index (χ4n) is 2.20. The quantitative estimate of drug-likeness (QED) is 0.604. The van der Waals surface area contributed by atoms with Crippen LogP contribution in [0.3, 0.4) is 0 Å². The Hall–Kier alpha value is -1.93. The topological polar surface area (TPSA) is 64.5 Å². The lowest BCUT2D eigenvalue weighted by Gasteiger charge is -2.11. The van der Waals surface area contributed by atoms with Crippen molar-refractivity contribution in [3.63, 3.8) is 0 Å². The molecule has 0 bridgehead atoms. The number of aryl methyl sites for hydroxylation is 2. The van der Waals surface area contributed by atoms with Crippen molar-refractivity contribution in [2.45, 2.75) is 31.6 Å². The molecule has 21 heavy (non-hydrogen) atoms. The number of benzene rings is 1. The molecule has 1 aromatic heterocycles. The Labute approximate surface area is 130 Å². The number of aromatic amines is 1. The van der Waals surface area contributed by atoms with Crippen molar-refractivity contribution in [2.24, 2.45) is 0 Å². The number of nitrogens with zero attached hydrogens (tertiary/aromatic N) is 2. The van der Waals surface area contributed by atoms with Gasteiger partial charge in [-0.1, -0.05) is 13.0 Å². The highest BCUT2D eigenvalue weighted by Gasteiger charge is 2.07. The van der Waals surface area contributed by atoms with Crippen LogP contribution in [0.15, 0.2) is 29.3 Å². The van der Waals surface area contributed by atoms with Gasteiger partial charge in [-0.05, 0) is 43.2 Å². The molecule has 0 aliphatic carbocycles. The van der Waals surface area contributed by atoms with Crippen LogP contribution in [0.25, 0.3) is 0 Å². The second-order valence-corrected chi connectivity index (χ2v) is 6.08. The SMILES string of the molecule is CCSc1cccc(NCCCc2cn[nH]c2C)c1C#N. The maximum Gasteiger partial charge on any atom is 0.102 e. The summed E-state index contributed by atoms with van der Waals surface area (Å²) in [5, 5.41) is 19.7. The molecule has 1 aromatic carbocycles. The summed E-state index contributed by atoms with van der Waals surface area (Å²) in [4.78, 5) is 1.05. The van der Waals surface area contributed by atoms with E-state index in [1.54, 1.807) is 11.8 Å². The molecule has 0 fully saturated rings. The Morgan fingerprint density at radius 1 is 1.43 bits per heavy atom. The largest absolute Gasteiger partial charge is 0.384 e. The van der Waals surface area contributed by atoms with Crippen molar-refractivity contribution in [3.8, 4) is 6.07 Å². The van der Waals surface area contributed by atoms with E-state index in [1.807, 2.05) is 31.3 Å². The lowest BCUT2D eigenvalue weighted by Crippen LogP contribution is -2.05. The third-order valence-electron chi connectivity index (χ3n) is 3.31. The standard InChI is InChI=1S/C16H20N4S/c1-3-21-16-8-4-7-15(14(16)10-17)18-9-5-6-13-11-19-20-12(13)2/h4,7-8,11,18H,3,5-6,9H2,1-2H3,(H,19,20). The van der Waals surface area contributed by atoms with Crippen molar-refractivity contribution < 1.29 is 0 Å². The fourth-order valence-corrected chi connectivity index (χ4v) is 2.98. The van der Waals surface area contributed by atoms with E-state index < -0.39 is 0 Å². The van der Waals surface area contributed by atoms with Crippen molar-refractivity contribution in [1.29, 1.82) is 5.26 Å². The van der Waals surface area contributed by atoms with E-state index in [2.05, 4.69) is 28.5 Å². The molecule has 0 spiro atoms. The van der Waals surface area contributed by atoms with Crippen LogP contribution in [-0.2, 0) is 6.42 Å². The molecular formula is C16H20N4S. The first-order valence-corrected chi connectivity index (χ1v) is 8.13. The first-order valence-electron chi connectivity index (χ1n) is 7.15. The summed E-state index contributed by atoms with van der Waals surface area (Å²) in [5.74, 6) is 0.970. The Morgan fingerprint density at radius 2 is 2.29 bits per heavy atom. The average molecular weight is 300 g/mol. The number of hydrogen-bond acceptors (Lipinski definition) is 4. The minimum atomic E-state index is 0.754. The molecule has 0 saturated heterocycles. The van der Waals surface area contributed by atoms with Crippen LogP contribution < -0.4 is 5.32 Å². The number of hydrogen-bond donors (Lipinski definition) is 2. The summed E-state index contributed by atoms with van der Waals surface area (Å²) in [5.41, 5.74) is 4.07. The Balaban J connectivity index is 1.93. The summed E-state index contributed by atoms with van der Waals surface area (Å²) in [6, 6.07) is 8.30. The maximum absolute atomic E-state index is 9.35. The Kier molecular flexibility index (Phi) is 5.70. The Morgan fingerprint density at radius 3 is 2.95 bits per heavy atom. The van der Waals surface area contributed by atoms with Gasteiger partial charge in [-0.15, -0.1) is 11.8 Å². The number of nitrogens with one attached hydrogen (secondary N) is 2. The summed E-state index contributed by atoms with van der Waals surface area (Å²) >= 11 is 1.70. The lowest BCUT2D eigenvalue weighted by molar-refractivity contribution is 0.856. The normalized spacial score (nSPS) is 10.3. The molecular weight excluding hydrogens is 280 g/mol. The van der Waals surface area contributed by atoms with Gasteiger partial charge in [-0.3, -0.25) is 5.10 Å². The molecule has 0 aliphatic heterocycles. The number of thioether (sulfide) groups is 1. The van der Waals surface area contributed by atoms with Gasteiger partial charge in [-0.2, -0.15) is 10.4 Å². The molecule has 2 rings (SSSR count). The molecule has 0 atom stereocenters. The third kappa shape index (κ3) is 4.02. The molecule has 1 heterocycles. The highest BCUT2D eigenvalue weighted by atomic mass is 32.2. The van der Waals surface area contributed by atoms with Crippen molar-refractivity contribution in [2.75, 3.05) is 17.6 Å². The predicted octanol–water partition coefficient (Wildman–Crippen LogP) is 3.75. The summed E-state index contributed by atoms with van der Waals surface area (Å²) in [6.45, 7) is 4.98. The molecule has 0 amide bonds. The molecule has 2 N–H and O–H groups in total. The molecule has 0 aliphatic rings. The molecule has 0 unspecified atom stereocenters. The van der Waals surface area contributed by atoms with Crippen molar-refractivity contribution in [1.82, 2.24) is 10.2 Å². The molecule has 110 valence electrons. The number of rotatable bonds is 7. The minimum absolute atomic E-state index is 0.754. The maximum atomic E-state index is 9.35. The zero-order valence-corrected chi connectivity index (χ0v) is 13.3. The van der Waals surface area contributed by atoms with Gasteiger partial charge in [-0.25, -0.2) is 0 Å². The van der Waals surface area contributed by atoms with Crippen LogP contribution in [-0.4, -0.2) is 22.5 Å². The van der Waals surface area contributed by atoms with Crippen LogP contribution in [0.4, 0.5) is 5.69 Å². The van der Waals surface area contributed by atoms with E-state index in [9.17, 15) is 5.26 Å². The smallest absolute Gasteiger partial charge is 0.102 e. The van der Waals surface area contributed by atoms with Gasteiger partial charge in [0.25, 0.3) is 0 Å². The van der Waals surface area contributed by atoms with Crippen LogP contribution in [0.5, 0.6) is 0 Å². The van der Waals surface area contributed by atoms with Gasteiger partial charge in [0.05, 0.1) is 17.4 Å². The van der Waals surface area contributed by atoms with Crippen LogP contribution in [0, 0.1) is 18.3 Å². The van der Waals surface area contributed by atoms with E-state index >= 15 is 0 Å². The second kappa shape index (κ2) is 7.75. The first-order chi connectivity index (χ1) is 10.3. The summed E-state index contributed by atoms with van der Waals surface area (Å²) in [6.07, 6.45) is 3.88. The van der Waals surface area contributed by atoms with Gasteiger partial charge in [0, 0.05) is 17.1 Å². The van der Waals surface area contributed by atoms with Crippen LogP contribution in [0.2, 0.25) is 0 Å². The number of H-pyrrole nitrogens is 1. The highest BCUT2D eigenvalue weighted by molar-refractivity contribution is 7.99. The van der Waals surface area contributed by atoms with Gasteiger partial charge in [0.2, 0.25) is 0 Å². The van der Waals surface area contributed by atoms with E-state index in [4.69, 9.17) is 0 Å². The third-order valence-corrected chi connectivity index (χ3v) is 4.25. The molecule has 5 heteroatoms. The zero-order valence-electron chi connectivity index (χ0n) is 12.4. The Bertz CT molecular complexity index is 627. The highest BCUT2D eigenvalue weighted by Crippen LogP contribution is 2.27. The molecule has 4 nitrogen and oxygen atoms in total. The molecule has 2 aromatic rings. The van der Waals surface area contributed by atoms with E-state index in [1.165, 1.54) is 5.56 Å². The zero-order chi connectivity index (χ0) is 15.1. The first kappa shape index (κ1) is 15.5. The van der Waals surface area contributed by atoms with E-state index in [0.717, 1.165) is 47.0 Å². The van der Waals surface area contributed by atoms with Gasteiger partial charge < -0.3 is 5.32 Å². The van der Waals surface area contributed by atoms with E-state index in [-0.39, 0.29) is 0 Å². The summed E-state index contributed by atoms with van der Waals surface area (Å²) < 4.78 is 0. The number of nitriles is 1. The van der Waals surface area contributed by atoms with Crippen molar-refractivity contribution >= 4 is 17.4 Å². The fraction of sp³-hybridized carbons (Fsp3) is 0.375. The van der Waals surface area contributed by atoms with Gasteiger partial charge in [0.15, 0.2) is 0 Å². The van der Waals surface area contributed by atoms with Gasteiger partial charge in [0.1, 0.15) is 6.07 Å². The lowest BCUT2D eigenvalue weighted by atomic mass is 10.1. The van der Waals surface area contributed by atoms with Crippen LogP contribution >= 0.6 is 11.8 Å². The number of aromatic nitrogens is 2. The van der Waals surface area contributed by atoms with Gasteiger partial charge >= 0.3 is 0 Å².